The van der Waals surface area contributed by atoms with Gasteiger partial charge in [0.2, 0.25) is 0 Å². The fraction of sp³-hybridized carbons (Fsp3) is 0.182. The largest absolute Gasteiger partial charge is 0.416 e. The first-order valence-electron chi connectivity index (χ1n) is 4.80. The highest BCUT2D eigenvalue weighted by Crippen LogP contribution is 2.35. The van der Waals surface area contributed by atoms with Crippen LogP contribution in [-0.4, -0.2) is 5.16 Å². The summed E-state index contributed by atoms with van der Waals surface area (Å²) in [5.41, 5.74) is -0.121. The van der Waals surface area contributed by atoms with Gasteiger partial charge < -0.3 is 4.52 Å². The maximum Gasteiger partial charge on any atom is 0.416 e. The molecule has 0 bridgehead atoms. The van der Waals surface area contributed by atoms with Crippen molar-refractivity contribution in [1.29, 1.82) is 0 Å². The monoisotopic (exact) mass is 339 g/mol. The Balaban J connectivity index is 2.49. The quantitative estimate of drug-likeness (QED) is 0.730. The first kappa shape index (κ1) is 13.4. The van der Waals surface area contributed by atoms with Gasteiger partial charge in [-0.2, -0.15) is 13.2 Å². The second kappa shape index (κ2) is 4.93. The van der Waals surface area contributed by atoms with Crippen molar-refractivity contribution >= 4 is 27.5 Å². The number of aromatic nitrogens is 1. The van der Waals surface area contributed by atoms with Crippen molar-refractivity contribution in [2.45, 2.75) is 12.1 Å². The van der Waals surface area contributed by atoms with Crippen LogP contribution in [0.5, 0.6) is 0 Å². The molecule has 0 atom stereocenters. The van der Waals surface area contributed by atoms with E-state index in [1.807, 2.05) is 0 Å². The van der Waals surface area contributed by atoms with E-state index in [2.05, 4.69) is 21.1 Å². The topological polar surface area (TPSA) is 26.0 Å². The van der Waals surface area contributed by atoms with E-state index in [0.29, 0.717) is 21.5 Å². The number of benzene rings is 1. The average Bonchev–Trinajstić information content (AvgIpc) is 2.76. The summed E-state index contributed by atoms with van der Waals surface area (Å²) in [5.74, 6) is 0.514. The van der Waals surface area contributed by atoms with Crippen LogP contribution in [0.4, 0.5) is 13.2 Å². The summed E-state index contributed by atoms with van der Waals surface area (Å²) >= 11 is 8.73. The number of nitrogens with zero attached hydrogens (tertiary/aromatic N) is 1. The van der Waals surface area contributed by atoms with Gasteiger partial charge in [0, 0.05) is 16.1 Å². The van der Waals surface area contributed by atoms with E-state index >= 15 is 0 Å². The lowest BCUT2D eigenvalue weighted by Gasteiger charge is -2.08. The Bertz CT molecular complexity index is 568. The molecule has 0 unspecified atom stereocenters. The molecule has 0 aliphatic heterocycles. The van der Waals surface area contributed by atoms with Crippen LogP contribution in [0.25, 0.3) is 11.3 Å². The van der Waals surface area contributed by atoms with Crippen molar-refractivity contribution in [3.8, 4) is 11.3 Å². The van der Waals surface area contributed by atoms with Crippen molar-refractivity contribution in [3.63, 3.8) is 0 Å². The fourth-order valence-corrected chi connectivity index (χ4v) is 1.98. The van der Waals surface area contributed by atoms with E-state index in [0.717, 1.165) is 12.1 Å². The molecule has 0 fully saturated rings. The molecule has 0 saturated carbocycles. The van der Waals surface area contributed by atoms with Gasteiger partial charge in [0.25, 0.3) is 0 Å². The van der Waals surface area contributed by atoms with Crippen LogP contribution in [0.15, 0.2) is 33.3 Å². The van der Waals surface area contributed by atoms with Crippen molar-refractivity contribution in [2.24, 2.45) is 0 Å². The van der Waals surface area contributed by atoms with Gasteiger partial charge in [0.1, 0.15) is 5.69 Å². The summed E-state index contributed by atoms with van der Waals surface area (Å²) in [6.45, 7) is 0. The molecule has 7 heteroatoms. The smallest absolute Gasteiger partial charge is 0.359 e. The van der Waals surface area contributed by atoms with E-state index in [4.69, 9.17) is 16.1 Å². The Morgan fingerprint density at radius 3 is 2.56 bits per heavy atom. The summed E-state index contributed by atoms with van der Waals surface area (Å²) in [5, 5.41) is 3.68. The maximum absolute atomic E-state index is 12.6. The molecule has 0 amide bonds. The van der Waals surface area contributed by atoms with Crippen LogP contribution in [0.3, 0.4) is 0 Å². The Labute approximate surface area is 114 Å². The molecular weight excluding hydrogens is 334 g/mol. The third-order valence-corrected chi connectivity index (χ3v) is 3.22. The van der Waals surface area contributed by atoms with Gasteiger partial charge in [0.15, 0.2) is 5.76 Å². The third kappa shape index (κ3) is 2.70. The highest BCUT2D eigenvalue weighted by Gasteiger charge is 2.31. The lowest BCUT2D eigenvalue weighted by Crippen LogP contribution is -2.04. The molecule has 96 valence electrons. The molecule has 18 heavy (non-hydrogen) atoms. The van der Waals surface area contributed by atoms with Gasteiger partial charge >= 0.3 is 6.18 Å². The lowest BCUT2D eigenvalue weighted by atomic mass is 10.1. The zero-order chi connectivity index (χ0) is 13.3. The predicted molar refractivity (Wildman–Crippen MR) is 64.2 cm³/mol. The van der Waals surface area contributed by atoms with Crippen LogP contribution < -0.4 is 0 Å². The molecule has 2 aromatic rings. The Kier molecular flexibility index (Phi) is 3.68. The lowest BCUT2D eigenvalue weighted by molar-refractivity contribution is -0.137. The number of halogens is 5. The summed E-state index contributed by atoms with van der Waals surface area (Å²) in [6, 6.07) is 4.84. The second-order valence-corrected chi connectivity index (χ2v) is 4.63. The minimum absolute atomic E-state index is 0.115. The van der Waals surface area contributed by atoms with Crippen LogP contribution in [0.1, 0.15) is 11.3 Å². The highest BCUT2D eigenvalue weighted by atomic mass is 79.9. The van der Waals surface area contributed by atoms with Crippen molar-refractivity contribution in [3.05, 3.63) is 40.1 Å². The highest BCUT2D eigenvalue weighted by molar-refractivity contribution is 9.10. The summed E-state index contributed by atoms with van der Waals surface area (Å²) in [4.78, 5) is 0. The normalized spacial score (nSPS) is 11.8. The van der Waals surface area contributed by atoms with Gasteiger partial charge in [-0.05, 0) is 18.2 Å². The molecule has 1 aromatic heterocycles. The molecular formula is C11H6BrClF3NO. The van der Waals surface area contributed by atoms with Crippen molar-refractivity contribution < 1.29 is 17.7 Å². The molecule has 0 saturated heterocycles. The number of hydrogen-bond donors (Lipinski definition) is 0. The minimum Gasteiger partial charge on any atom is -0.359 e. The maximum atomic E-state index is 12.6. The zero-order valence-corrected chi connectivity index (χ0v) is 11.1. The molecule has 2 nitrogen and oxygen atoms in total. The minimum atomic E-state index is -4.39. The Hall–Kier alpha value is -1.01. The van der Waals surface area contributed by atoms with Crippen LogP contribution in [-0.2, 0) is 12.1 Å². The SMILES string of the molecule is FC(F)(F)c1ccc(Br)c(-c2cc(CCl)on2)c1. The molecule has 0 aliphatic carbocycles. The van der Waals surface area contributed by atoms with E-state index in [1.54, 1.807) is 0 Å². The van der Waals surface area contributed by atoms with Gasteiger partial charge in [-0.15, -0.1) is 11.6 Å². The standard InChI is InChI=1S/C11H6BrClF3NO/c12-9-2-1-6(11(14,15)16)3-8(9)10-4-7(5-13)18-17-10/h1-4H,5H2. The van der Waals surface area contributed by atoms with Crippen molar-refractivity contribution in [1.82, 2.24) is 5.16 Å². The molecule has 0 radical (unpaired) electrons. The Morgan fingerprint density at radius 1 is 1.28 bits per heavy atom. The zero-order valence-electron chi connectivity index (χ0n) is 8.76. The van der Waals surface area contributed by atoms with E-state index in [-0.39, 0.29) is 5.88 Å². The van der Waals surface area contributed by atoms with Crippen LogP contribution >= 0.6 is 27.5 Å². The molecule has 0 aliphatic rings. The van der Waals surface area contributed by atoms with Gasteiger partial charge in [-0.1, -0.05) is 21.1 Å². The number of alkyl halides is 4. The van der Waals surface area contributed by atoms with Gasteiger partial charge in [-0.3, -0.25) is 0 Å². The molecule has 1 heterocycles. The van der Waals surface area contributed by atoms with Crippen molar-refractivity contribution in [2.75, 3.05) is 0 Å². The van der Waals surface area contributed by atoms with E-state index in [9.17, 15) is 13.2 Å². The summed E-state index contributed by atoms with van der Waals surface area (Å²) < 4.78 is 43.2. The first-order valence-corrected chi connectivity index (χ1v) is 6.13. The third-order valence-electron chi connectivity index (χ3n) is 2.26. The summed E-state index contributed by atoms with van der Waals surface area (Å²) in [6.07, 6.45) is -4.39. The van der Waals surface area contributed by atoms with Gasteiger partial charge in [-0.25, -0.2) is 0 Å². The molecule has 0 spiro atoms. The van der Waals surface area contributed by atoms with E-state index in [1.165, 1.54) is 12.1 Å². The average molecular weight is 341 g/mol. The number of hydrogen-bond acceptors (Lipinski definition) is 2. The molecule has 0 N–H and O–H groups in total. The number of rotatable bonds is 2. The van der Waals surface area contributed by atoms with E-state index < -0.39 is 11.7 Å². The van der Waals surface area contributed by atoms with Gasteiger partial charge in [0.05, 0.1) is 11.4 Å². The second-order valence-electron chi connectivity index (χ2n) is 3.50. The fourth-order valence-electron chi connectivity index (χ4n) is 1.40. The molecule has 1 aromatic carbocycles. The van der Waals surface area contributed by atoms with Crippen LogP contribution in [0, 0.1) is 0 Å². The summed E-state index contributed by atoms with van der Waals surface area (Å²) in [7, 11) is 0. The molecule has 2 rings (SSSR count). The van der Waals surface area contributed by atoms with Crippen LogP contribution in [0.2, 0.25) is 0 Å². The first-order chi connectivity index (χ1) is 8.41. The predicted octanol–water partition coefficient (Wildman–Crippen LogP) is 4.86. The Morgan fingerprint density at radius 2 is 2.00 bits per heavy atom.